The average Bonchev–Trinajstić information content (AvgIpc) is 2.52. The average molecular weight is 199 g/mol. The second-order valence-corrected chi connectivity index (χ2v) is 3.73. The van der Waals surface area contributed by atoms with Gasteiger partial charge in [-0.15, -0.1) is 0 Å². The molecule has 1 aromatic rings. The highest BCUT2D eigenvalue weighted by atomic mass is 16.3. The van der Waals surface area contributed by atoms with E-state index in [0.29, 0.717) is 18.7 Å². The van der Waals surface area contributed by atoms with Crippen molar-refractivity contribution in [2.75, 3.05) is 0 Å². The summed E-state index contributed by atoms with van der Waals surface area (Å²) in [5, 5.41) is 23.4. The fourth-order valence-corrected chi connectivity index (χ4v) is 1.13. The lowest BCUT2D eigenvalue weighted by atomic mass is 9.93. The minimum Gasteiger partial charge on any atom is -0.390 e. The summed E-state index contributed by atoms with van der Waals surface area (Å²) in [4.78, 5) is 3.98. The van der Waals surface area contributed by atoms with Gasteiger partial charge in [0, 0.05) is 13.5 Å². The van der Waals surface area contributed by atoms with Crippen LogP contribution in [0.15, 0.2) is 6.33 Å². The molecule has 0 aromatic carbocycles. The molecule has 0 saturated carbocycles. The molecule has 2 atom stereocenters. The van der Waals surface area contributed by atoms with E-state index in [-0.39, 0.29) is 0 Å². The van der Waals surface area contributed by atoms with Gasteiger partial charge in [-0.2, -0.15) is 5.10 Å². The van der Waals surface area contributed by atoms with Gasteiger partial charge < -0.3 is 10.2 Å². The van der Waals surface area contributed by atoms with Crippen molar-refractivity contribution in [2.45, 2.75) is 38.4 Å². The molecule has 0 amide bonds. The predicted molar refractivity (Wildman–Crippen MR) is 51.6 cm³/mol. The highest BCUT2D eigenvalue weighted by molar-refractivity contribution is 4.92. The number of aliphatic hydroxyl groups is 2. The van der Waals surface area contributed by atoms with Crippen molar-refractivity contribution in [2.24, 2.45) is 7.05 Å². The number of aromatic nitrogens is 3. The molecule has 0 aliphatic carbocycles. The molecule has 2 N–H and O–H groups in total. The first kappa shape index (κ1) is 11.1. The highest BCUT2D eigenvalue weighted by Gasteiger charge is 2.29. The lowest BCUT2D eigenvalue weighted by Gasteiger charge is -2.27. The molecule has 14 heavy (non-hydrogen) atoms. The van der Waals surface area contributed by atoms with Crippen LogP contribution in [0.3, 0.4) is 0 Å². The third-order valence-electron chi connectivity index (χ3n) is 2.61. The van der Waals surface area contributed by atoms with Crippen LogP contribution >= 0.6 is 0 Å². The van der Waals surface area contributed by atoms with Crippen LogP contribution in [0.5, 0.6) is 0 Å². The summed E-state index contributed by atoms with van der Waals surface area (Å²) in [5.74, 6) is 0.672. The molecular formula is C9H17N3O2. The normalized spacial score (nSPS) is 17.8. The van der Waals surface area contributed by atoms with E-state index in [1.807, 2.05) is 6.92 Å². The van der Waals surface area contributed by atoms with Crippen molar-refractivity contribution < 1.29 is 10.2 Å². The number of rotatable bonds is 4. The summed E-state index contributed by atoms with van der Waals surface area (Å²) < 4.78 is 1.59. The lowest BCUT2D eigenvalue weighted by Crippen LogP contribution is -2.40. The molecule has 1 aromatic heterocycles. The van der Waals surface area contributed by atoms with Gasteiger partial charge in [-0.05, 0) is 13.3 Å². The van der Waals surface area contributed by atoms with Crippen molar-refractivity contribution >= 4 is 0 Å². The highest BCUT2D eigenvalue weighted by Crippen LogP contribution is 2.16. The monoisotopic (exact) mass is 199 g/mol. The second kappa shape index (κ2) is 4.06. The minimum absolute atomic E-state index is 0.317. The smallest absolute Gasteiger partial charge is 0.138 e. The van der Waals surface area contributed by atoms with Crippen molar-refractivity contribution in [3.8, 4) is 0 Å². The summed E-state index contributed by atoms with van der Waals surface area (Å²) in [6.45, 7) is 3.45. The molecule has 80 valence electrons. The standard InChI is InChI=1S/C9H17N3O2/c1-4-9(2,14)7(13)5-8-10-6-11-12(8)3/h6-7,13-14H,4-5H2,1-3H3. The molecule has 1 heterocycles. The van der Waals surface area contributed by atoms with E-state index in [9.17, 15) is 10.2 Å². The van der Waals surface area contributed by atoms with Crippen LogP contribution in [-0.2, 0) is 13.5 Å². The van der Waals surface area contributed by atoms with E-state index in [0.717, 1.165) is 0 Å². The van der Waals surface area contributed by atoms with Gasteiger partial charge in [-0.3, -0.25) is 4.68 Å². The Bertz CT molecular complexity index is 296. The maximum absolute atomic E-state index is 9.77. The van der Waals surface area contributed by atoms with Gasteiger partial charge in [0.05, 0.1) is 11.7 Å². The van der Waals surface area contributed by atoms with Crippen LogP contribution in [0, 0.1) is 0 Å². The zero-order valence-electron chi connectivity index (χ0n) is 8.80. The Labute approximate surface area is 83.4 Å². The fraction of sp³-hybridized carbons (Fsp3) is 0.778. The van der Waals surface area contributed by atoms with Crippen LogP contribution in [0.1, 0.15) is 26.1 Å². The summed E-state index contributed by atoms with van der Waals surface area (Å²) >= 11 is 0. The number of hydrogen-bond donors (Lipinski definition) is 2. The molecule has 0 radical (unpaired) electrons. The van der Waals surface area contributed by atoms with Crippen molar-refractivity contribution in [1.29, 1.82) is 0 Å². The predicted octanol–water partition coefficient (Wildman–Crippen LogP) is -0.121. The molecule has 1 rings (SSSR count). The first-order valence-electron chi connectivity index (χ1n) is 4.70. The van der Waals surface area contributed by atoms with Crippen molar-refractivity contribution in [1.82, 2.24) is 14.8 Å². The van der Waals surface area contributed by atoms with E-state index in [2.05, 4.69) is 10.1 Å². The van der Waals surface area contributed by atoms with Crippen molar-refractivity contribution in [3.05, 3.63) is 12.2 Å². The van der Waals surface area contributed by atoms with Gasteiger partial charge in [0.2, 0.25) is 0 Å². The van der Waals surface area contributed by atoms with E-state index >= 15 is 0 Å². The topological polar surface area (TPSA) is 71.2 Å². The zero-order chi connectivity index (χ0) is 10.8. The molecule has 2 unspecified atom stereocenters. The van der Waals surface area contributed by atoms with Gasteiger partial charge in [0.15, 0.2) is 0 Å². The largest absolute Gasteiger partial charge is 0.390 e. The number of hydrogen-bond acceptors (Lipinski definition) is 4. The maximum Gasteiger partial charge on any atom is 0.138 e. The first-order valence-corrected chi connectivity index (χ1v) is 4.70. The van der Waals surface area contributed by atoms with Gasteiger partial charge in [-0.25, -0.2) is 4.98 Å². The molecular weight excluding hydrogens is 182 g/mol. The van der Waals surface area contributed by atoms with Crippen molar-refractivity contribution in [3.63, 3.8) is 0 Å². The summed E-state index contributed by atoms with van der Waals surface area (Å²) in [7, 11) is 1.76. The summed E-state index contributed by atoms with van der Waals surface area (Å²) in [5.41, 5.74) is -1.06. The Morgan fingerprint density at radius 3 is 2.71 bits per heavy atom. The Balaban J connectivity index is 2.66. The molecule has 0 spiro atoms. The molecule has 5 nitrogen and oxygen atoms in total. The fourth-order valence-electron chi connectivity index (χ4n) is 1.13. The molecule has 0 aliphatic rings. The van der Waals surface area contributed by atoms with Crippen LogP contribution < -0.4 is 0 Å². The van der Waals surface area contributed by atoms with E-state index < -0.39 is 11.7 Å². The van der Waals surface area contributed by atoms with Gasteiger partial charge in [0.25, 0.3) is 0 Å². The van der Waals surface area contributed by atoms with E-state index in [1.54, 1.807) is 18.7 Å². The van der Waals surface area contributed by atoms with Gasteiger partial charge in [0.1, 0.15) is 12.2 Å². The number of nitrogens with zero attached hydrogens (tertiary/aromatic N) is 3. The number of aryl methyl sites for hydroxylation is 1. The zero-order valence-corrected chi connectivity index (χ0v) is 8.80. The Kier molecular flexibility index (Phi) is 3.23. The summed E-state index contributed by atoms with van der Waals surface area (Å²) in [6, 6.07) is 0. The first-order chi connectivity index (χ1) is 6.47. The number of aliphatic hydroxyl groups excluding tert-OH is 1. The third-order valence-corrected chi connectivity index (χ3v) is 2.61. The van der Waals surface area contributed by atoms with Gasteiger partial charge >= 0.3 is 0 Å². The second-order valence-electron chi connectivity index (χ2n) is 3.73. The molecule has 0 bridgehead atoms. The molecule has 5 heteroatoms. The minimum atomic E-state index is -1.06. The molecule has 0 fully saturated rings. The third kappa shape index (κ3) is 2.30. The molecule has 0 aliphatic heterocycles. The van der Waals surface area contributed by atoms with E-state index in [4.69, 9.17) is 0 Å². The Hall–Kier alpha value is -0.940. The van der Waals surface area contributed by atoms with E-state index in [1.165, 1.54) is 6.33 Å². The lowest BCUT2D eigenvalue weighted by molar-refractivity contribution is -0.0640. The SMILES string of the molecule is CCC(C)(O)C(O)Cc1ncnn1C. The quantitative estimate of drug-likeness (QED) is 0.709. The Morgan fingerprint density at radius 1 is 1.64 bits per heavy atom. The van der Waals surface area contributed by atoms with Crippen LogP contribution in [-0.4, -0.2) is 36.7 Å². The van der Waals surface area contributed by atoms with Crippen LogP contribution in [0.25, 0.3) is 0 Å². The summed E-state index contributed by atoms with van der Waals surface area (Å²) in [6.07, 6.45) is 1.45. The molecule has 0 saturated heterocycles. The van der Waals surface area contributed by atoms with Crippen LogP contribution in [0.2, 0.25) is 0 Å². The van der Waals surface area contributed by atoms with Gasteiger partial charge in [-0.1, -0.05) is 6.92 Å². The van der Waals surface area contributed by atoms with Crippen LogP contribution in [0.4, 0.5) is 0 Å². The maximum atomic E-state index is 9.77. The Morgan fingerprint density at radius 2 is 2.29 bits per heavy atom.